The van der Waals surface area contributed by atoms with Crippen LogP contribution >= 0.6 is 0 Å². The zero-order valence-electron chi connectivity index (χ0n) is 28.7. The molecule has 0 spiro atoms. The van der Waals surface area contributed by atoms with Crippen LogP contribution in [0.1, 0.15) is 0 Å². The van der Waals surface area contributed by atoms with Gasteiger partial charge in [-0.05, 0) is 119 Å². The lowest BCUT2D eigenvalue weighted by molar-refractivity contribution is 0.653. The molecule has 0 aliphatic rings. The molecule has 0 N–H and O–H groups in total. The molecule has 11 rings (SSSR count). The molecule has 8 nitrogen and oxygen atoms in total. The molecule has 0 amide bonds. The maximum Gasteiger partial charge on any atom is 0.227 e. The number of rotatable bonds is 6. The van der Waals surface area contributed by atoms with Gasteiger partial charge in [0, 0.05) is 69.8 Å². The summed E-state index contributed by atoms with van der Waals surface area (Å²) in [6.07, 6.45) is 7.14. The predicted molar refractivity (Wildman–Crippen MR) is 217 cm³/mol. The van der Waals surface area contributed by atoms with E-state index >= 15 is 0 Å². The second-order valence-corrected chi connectivity index (χ2v) is 13.2. The van der Waals surface area contributed by atoms with Crippen molar-refractivity contribution < 1.29 is 8.83 Å². The molecule has 0 bridgehead atoms. The molecule has 6 aromatic heterocycles. The van der Waals surface area contributed by atoms with Crippen LogP contribution in [-0.2, 0) is 0 Å². The van der Waals surface area contributed by atoms with Crippen molar-refractivity contribution in [3.05, 3.63) is 170 Å². The van der Waals surface area contributed by atoms with Crippen molar-refractivity contribution >= 4 is 100 Å². The summed E-state index contributed by atoms with van der Waals surface area (Å²) in [5.74, 6) is 1.62. The summed E-state index contributed by atoms with van der Waals surface area (Å²) in [6, 6.07) is 49.9. The van der Waals surface area contributed by atoms with Gasteiger partial charge in [-0.1, -0.05) is 36.4 Å². The number of hydrogen-bond acceptors (Lipinski definition) is 8. The fraction of sp³-hybridized carbons (Fsp3) is 0. The van der Waals surface area contributed by atoms with E-state index in [2.05, 4.69) is 105 Å². The van der Waals surface area contributed by atoms with Crippen LogP contribution in [0.3, 0.4) is 0 Å². The highest BCUT2D eigenvalue weighted by atomic mass is 16.3. The average Bonchev–Trinajstić information content (AvgIpc) is 3.79. The number of furan rings is 2. The second kappa shape index (κ2) is 12.0. The first kappa shape index (κ1) is 30.1. The molecule has 8 heteroatoms. The van der Waals surface area contributed by atoms with Crippen LogP contribution < -0.4 is 9.80 Å². The van der Waals surface area contributed by atoms with Crippen molar-refractivity contribution in [1.29, 1.82) is 0 Å². The van der Waals surface area contributed by atoms with Gasteiger partial charge < -0.3 is 8.83 Å². The summed E-state index contributed by atoms with van der Waals surface area (Å²) < 4.78 is 12.3. The zero-order valence-corrected chi connectivity index (χ0v) is 28.7. The van der Waals surface area contributed by atoms with E-state index in [1.165, 1.54) is 0 Å². The molecule has 0 unspecified atom stereocenters. The molecule has 6 heterocycles. The maximum atomic E-state index is 6.17. The highest BCUT2D eigenvalue weighted by Gasteiger charge is 2.19. The van der Waals surface area contributed by atoms with Gasteiger partial charge in [-0.3, -0.25) is 9.80 Å². The lowest BCUT2D eigenvalue weighted by Crippen LogP contribution is -2.11. The molecule has 0 aliphatic heterocycles. The first-order valence-corrected chi connectivity index (χ1v) is 17.7. The van der Waals surface area contributed by atoms with Crippen molar-refractivity contribution in [2.24, 2.45) is 0 Å². The predicted octanol–water partition coefficient (Wildman–Crippen LogP) is 12.3. The third kappa shape index (κ3) is 4.85. The van der Waals surface area contributed by atoms with Gasteiger partial charge in [-0.2, -0.15) is 0 Å². The molecule has 0 saturated heterocycles. The van der Waals surface area contributed by atoms with Gasteiger partial charge in [0.2, 0.25) is 11.4 Å². The van der Waals surface area contributed by atoms with Gasteiger partial charge in [0.25, 0.3) is 0 Å². The van der Waals surface area contributed by atoms with Crippen LogP contribution in [0.25, 0.3) is 65.7 Å². The van der Waals surface area contributed by atoms with Gasteiger partial charge in [-0.15, -0.1) is 0 Å². The second-order valence-electron chi connectivity index (χ2n) is 13.2. The zero-order chi connectivity index (χ0) is 35.6. The van der Waals surface area contributed by atoms with E-state index < -0.39 is 0 Å². The Labute approximate surface area is 308 Å². The monoisotopic (exact) mass is 696 g/mol. The van der Waals surface area contributed by atoms with Crippen LogP contribution in [0.2, 0.25) is 0 Å². The number of pyridine rings is 4. The maximum absolute atomic E-state index is 6.17. The molecule has 54 heavy (non-hydrogen) atoms. The fourth-order valence-corrected chi connectivity index (χ4v) is 7.60. The Morgan fingerprint density at radius 2 is 0.759 bits per heavy atom. The number of hydrogen-bond donors (Lipinski definition) is 0. The lowest BCUT2D eigenvalue weighted by Gasteiger charge is -2.25. The molecular weight excluding hydrogens is 669 g/mol. The van der Waals surface area contributed by atoms with Crippen molar-refractivity contribution in [2.75, 3.05) is 9.80 Å². The first-order chi connectivity index (χ1) is 26.7. The number of fused-ring (bicyclic) bond motifs is 9. The Bertz CT molecular complexity index is 2980. The van der Waals surface area contributed by atoms with Gasteiger partial charge in [0.15, 0.2) is 0 Å². The summed E-state index contributed by atoms with van der Waals surface area (Å²) >= 11 is 0. The van der Waals surface area contributed by atoms with E-state index in [0.717, 1.165) is 88.6 Å². The Hall–Kier alpha value is -7.58. The SMILES string of the molecule is c1ccc(N(c2ccc3c(ccc4cc(N(c5ccc6c(c5)oc5ncccc56)c5ccccn5)ccc43)c2)c2ccc3c(c2)oc2ncccc23)nc1. The van der Waals surface area contributed by atoms with Crippen molar-refractivity contribution in [3.63, 3.8) is 0 Å². The Morgan fingerprint density at radius 1 is 0.333 bits per heavy atom. The van der Waals surface area contributed by atoms with E-state index in [1.807, 2.05) is 73.1 Å². The molecule has 11 aromatic rings. The fourth-order valence-electron chi connectivity index (χ4n) is 7.60. The minimum absolute atomic E-state index is 0.628. The molecule has 0 saturated carbocycles. The third-order valence-corrected chi connectivity index (χ3v) is 10.1. The normalized spacial score (nSPS) is 11.7. The number of aromatic nitrogens is 4. The van der Waals surface area contributed by atoms with Crippen molar-refractivity contribution in [2.45, 2.75) is 0 Å². The largest absolute Gasteiger partial charge is 0.438 e. The first-order valence-electron chi connectivity index (χ1n) is 17.7. The van der Waals surface area contributed by atoms with Gasteiger partial charge in [0.05, 0.1) is 11.4 Å². The Morgan fingerprint density at radius 3 is 1.20 bits per heavy atom. The average molecular weight is 697 g/mol. The molecule has 254 valence electrons. The van der Waals surface area contributed by atoms with Gasteiger partial charge >= 0.3 is 0 Å². The van der Waals surface area contributed by atoms with Crippen molar-refractivity contribution in [1.82, 2.24) is 19.9 Å². The van der Waals surface area contributed by atoms with Crippen LogP contribution in [0.15, 0.2) is 179 Å². The Kier molecular flexibility index (Phi) is 6.69. The van der Waals surface area contributed by atoms with Crippen LogP contribution in [0.5, 0.6) is 0 Å². The number of nitrogens with zero attached hydrogens (tertiary/aromatic N) is 6. The molecule has 0 fully saturated rings. The number of benzene rings is 5. The van der Waals surface area contributed by atoms with Crippen LogP contribution in [-0.4, -0.2) is 19.9 Å². The third-order valence-electron chi connectivity index (χ3n) is 10.1. The summed E-state index contributed by atoms with van der Waals surface area (Å²) in [7, 11) is 0. The molecule has 0 atom stereocenters. The lowest BCUT2D eigenvalue weighted by atomic mass is 10.00. The van der Waals surface area contributed by atoms with Gasteiger partial charge in [-0.25, -0.2) is 19.9 Å². The van der Waals surface area contributed by atoms with Gasteiger partial charge in [0.1, 0.15) is 22.8 Å². The van der Waals surface area contributed by atoms with E-state index in [0.29, 0.717) is 11.4 Å². The highest BCUT2D eigenvalue weighted by Crippen LogP contribution is 2.41. The standard InChI is InChI=1S/C46H28N6O2/c1-3-21-47-43(9-1)51(33-15-19-37-39-7-5-23-49-45(39)53-41(37)27-33)31-13-17-35-29(25-31)11-12-30-26-32(14-18-36(30)35)52(44-10-2-4-22-48-44)34-16-20-38-40-8-6-24-50-46(40)54-42(38)28-34/h1-28H. The van der Waals surface area contributed by atoms with E-state index in [9.17, 15) is 0 Å². The minimum Gasteiger partial charge on any atom is -0.438 e. The highest BCUT2D eigenvalue weighted by molar-refractivity contribution is 6.10. The summed E-state index contributed by atoms with van der Waals surface area (Å²) in [5.41, 5.74) is 6.67. The summed E-state index contributed by atoms with van der Waals surface area (Å²) in [4.78, 5) is 22.7. The minimum atomic E-state index is 0.628. The van der Waals surface area contributed by atoms with E-state index in [1.54, 1.807) is 12.4 Å². The quantitative estimate of drug-likeness (QED) is 0.159. The van der Waals surface area contributed by atoms with Crippen LogP contribution in [0.4, 0.5) is 34.4 Å². The molecule has 5 aromatic carbocycles. The van der Waals surface area contributed by atoms with Crippen molar-refractivity contribution in [3.8, 4) is 0 Å². The molecular formula is C46H28N6O2. The summed E-state index contributed by atoms with van der Waals surface area (Å²) in [5, 5.41) is 8.60. The summed E-state index contributed by atoms with van der Waals surface area (Å²) in [6.45, 7) is 0. The molecule has 0 radical (unpaired) electrons. The number of anilines is 6. The molecule has 0 aliphatic carbocycles. The van der Waals surface area contributed by atoms with E-state index in [4.69, 9.17) is 18.8 Å². The Balaban J connectivity index is 1.01. The van der Waals surface area contributed by atoms with E-state index in [-0.39, 0.29) is 0 Å². The van der Waals surface area contributed by atoms with Crippen LogP contribution in [0, 0.1) is 0 Å². The smallest absolute Gasteiger partial charge is 0.227 e. The topological polar surface area (TPSA) is 84.3 Å².